The highest BCUT2D eigenvalue weighted by molar-refractivity contribution is 9.10. The number of hydrazone groups is 1. The smallest absolute Gasteiger partial charge is 0.267 e. The van der Waals surface area contributed by atoms with Crippen LogP contribution >= 0.6 is 15.9 Å². The number of amides is 1. The summed E-state index contributed by atoms with van der Waals surface area (Å²) in [6.45, 7) is 1.46. The minimum Gasteiger partial charge on any atom is -0.493 e. The minimum absolute atomic E-state index is 0.0839. The van der Waals surface area contributed by atoms with Gasteiger partial charge in [0.25, 0.3) is 5.91 Å². The number of hydrogen-bond donors (Lipinski definition) is 2. The van der Waals surface area contributed by atoms with Crippen molar-refractivity contribution in [1.82, 2.24) is 5.32 Å². The van der Waals surface area contributed by atoms with Crippen molar-refractivity contribution in [2.24, 2.45) is 5.10 Å². The third-order valence-electron chi connectivity index (χ3n) is 3.23. The molecule has 3 rings (SSSR count). The Morgan fingerprint density at radius 1 is 1.37 bits per heavy atom. The fourth-order valence-corrected chi connectivity index (χ4v) is 2.60. The van der Waals surface area contributed by atoms with Gasteiger partial charge < -0.3 is 10.1 Å². The molecule has 2 aliphatic heterocycles. The lowest BCUT2D eigenvalue weighted by Crippen LogP contribution is -2.37. The number of nitrogens with one attached hydrogen (secondary N) is 2. The summed E-state index contributed by atoms with van der Waals surface area (Å²) in [5.74, 6) is 0.833. The van der Waals surface area contributed by atoms with Crippen molar-refractivity contribution < 1.29 is 9.53 Å². The van der Waals surface area contributed by atoms with Gasteiger partial charge in [0.05, 0.1) is 12.3 Å². The van der Waals surface area contributed by atoms with Gasteiger partial charge in [0.2, 0.25) is 0 Å². The number of rotatable bonds is 2. The maximum atomic E-state index is 11.6. The first kappa shape index (κ1) is 12.5. The number of fused-ring (bicyclic) bond motifs is 1. The van der Waals surface area contributed by atoms with E-state index in [2.05, 4.69) is 31.8 Å². The Morgan fingerprint density at radius 2 is 2.26 bits per heavy atom. The molecule has 0 radical (unpaired) electrons. The second kappa shape index (κ2) is 5.21. The highest BCUT2D eigenvalue weighted by Gasteiger charge is 2.17. The summed E-state index contributed by atoms with van der Waals surface area (Å²) in [7, 11) is 0. The van der Waals surface area contributed by atoms with Crippen LogP contribution in [0.1, 0.15) is 18.4 Å². The molecule has 2 N–H and O–H groups in total. The molecule has 0 saturated carbocycles. The van der Waals surface area contributed by atoms with Crippen LogP contribution in [0.25, 0.3) is 0 Å². The number of ether oxygens (including phenoxy) is 1. The van der Waals surface area contributed by atoms with E-state index in [4.69, 9.17) is 4.74 Å². The Labute approximate surface area is 119 Å². The molecule has 0 spiro atoms. The van der Waals surface area contributed by atoms with E-state index < -0.39 is 0 Å². The van der Waals surface area contributed by atoms with Crippen molar-refractivity contribution in [1.29, 1.82) is 0 Å². The van der Waals surface area contributed by atoms with E-state index >= 15 is 0 Å². The van der Waals surface area contributed by atoms with E-state index in [9.17, 15) is 4.79 Å². The Hall–Kier alpha value is -1.56. The van der Waals surface area contributed by atoms with Gasteiger partial charge in [0.15, 0.2) is 0 Å². The van der Waals surface area contributed by atoms with Crippen LogP contribution in [-0.2, 0) is 11.2 Å². The molecule has 19 heavy (non-hydrogen) atoms. The van der Waals surface area contributed by atoms with E-state index in [0.717, 1.165) is 41.9 Å². The maximum Gasteiger partial charge on any atom is 0.267 e. The number of nitrogens with zero attached hydrogens (tertiary/aromatic N) is 1. The summed E-state index contributed by atoms with van der Waals surface area (Å²) in [4.78, 5) is 11.6. The first-order valence-electron chi connectivity index (χ1n) is 6.30. The van der Waals surface area contributed by atoms with Crippen molar-refractivity contribution in [3.8, 4) is 5.75 Å². The molecule has 5 nitrogen and oxygen atoms in total. The molecule has 1 fully saturated rings. The number of piperidine rings is 1. The maximum absolute atomic E-state index is 11.6. The lowest BCUT2D eigenvalue weighted by atomic mass is 10.1. The number of anilines is 1. The van der Waals surface area contributed by atoms with Crippen LogP contribution in [0.3, 0.4) is 0 Å². The molecule has 2 heterocycles. The summed E-state index contributed by atoms with van der Waals surface area (Å²) in [6.07, 6.45) is 2.56. The molecule has 1 aromatic rings. The molecule has 0 bridgehead atoms. The van der Waals surface area contributed by atoms with Crippen LogP contribution < -0.4 is 15.5 Å². The molecule has 0 aromatic heterocycles. The van der Waals surface area contributed by atoms with E-state index in [1.165, 1.54) is 5.56 Å². The zero-order valence-electron chi connectivity index (χ0n) is 10.3. The molecule has 2 aliphatic rings. The molecule has 0 aliphatic carbocycles. The van der Waals surface area contributed by atoms with E-state index in [1.807, 2.05) is 12.1 Å². The first-order chi connectivity index (χ1) is 9.24. The second-order valence-corrected chi connectivity index (χ2v) is 5.42. The molecule has 0 atom stereocenters. The summed E-state index contributed by atoms with van der Waals surface area (Å²) in [6, 6.07) is 3.95. The average molecular weight is 324 g/mol. The Kier molecular flexibility index (Phi) is 3.42. The molecular weight excluding hydrogens is 310 g/mol. The van der Waals surface area contributed by atoms with Gasteiger partial charge in [-0.05, 0) is 46.5 Å². The predicted octanol–water partition coefficient (Wildman–Crippen LogP) is 2.06. The van der Waals surface area contributed by atoms with Crippen LogP contribution in [0.2, 0.25) is 0 Å². The van der Waals surface area contributed by atoms with E-state index in [-0.39, 0.29) is 5.91 Å². The fraction of sp³-hybridized carbons (Fsp3) is 0.385. The summed E-state index contributed by atoms with van der Waals surface area (Å²) < 4.78 is 6.37. The summed E-state index contributed by atoms with van der Waals surface area (Å²) >= 11 is 3.48. The Balaban J connectivity index is 1.80. The van der Waals surface area contributed by atoms with Crippen LogP contribution in [0.4, 0.5) is 5.69 Å². The van der Waals surface area contributed by atoms with Crippen LogP contribution in [0, 0.1) is 0 Å². The fourth-order valence-electron chi connectivity index (χ4n) is 2.19. The summed E-state index contributed by atoms with van der Waals surface area (Å²) in [5.41, 5.74) is 5.54. The molecule has 1 amide bonds. The lowest BCUT2D eigenvalue weighted by Gasteiger charge is -2.14. The van der Waals surface area contributed by atoms with Crippen molar-refractivity contribution >= 4 is 33.2 Å². The predicted molar refractivity (Wildman–Crippen MR) is 76.6 cm³/mol. The van der Waals surface area contributed by atoms with E-state index in [0.29, 0.717) is 12.1 Å². The summed E-state index contributed by atoms with van der Waals surface area (Å²) in [5, 5.41) is 6.99. The van der Waals surface area contributed by atoms with Crippen LogP contribution in [0.5, 0.6) is 5.75 Å². The number of carbonyl (C=O) groups excluding carboxylic acids is 1. The SMILES string of the molecule is O=C1NCCCC1=NNc1cc2c(cc1Br)OCC2. The standard InChI is InChI=1S/C13H14BrN3O2/c14-9-7-12-8(3-5-19-12)6-11(9)17-16-10-2-1-4-15-13(10)18/h6-7,17H,1-5H2,(H,15,18). The van der Waals surface area contributed by atoms with E-state index in [1.54, 1.807) is 0 Å². The first-order valence-corrected chi connectivity index (χ1v) is 7.09. The van der Waals surface area contributed by atoms with Gasteiger partial charge in [-0.25, -0.2) is 0 Å². The van der Waals surface area contributed by atoms with Gasteiger partial charge in [-0.15, -0.1) is 0 Å². The normalized spacial score (nSPS) is 19.8. The second-order valence-electron chi connectivity index (χ2n) is 4.57. The lowest BCUT2D eigenvalue weighted by molar-refractivity contribution is -0.115. The monoisotopic (exact) mass is 323 g/mol. The number of hydrogen-bond acceptors (Lipinski definition) is 4. The quantitative estimate of drug-likeness (QED) is 0.819. The molecule has 0 unspecified atom stereocenters. The number of halogens is 1. The van der Waals surface area contributed by atoms with Gasteiger partial charge in [-0.1, -0.05) is 0 Å². The zero-order chi connectivity index (χ0) is 13.2. The molecule has 1 aromatic carbocycles. The van der Waals surface area contributed by atoms with Crippen molar-refractivity contribution in [3.63, 3.8) is 0 Å². The number of benzene rings is 1. The largest absolute Gasteiger partial charge is 0.493 e. The van der Waals surface area contributed by atoms with Gasteiger partial charge in [0.1, 0.15) is 11.5 Å². The molecule has 6 heteroatoms. The minimum atomic E-state index is -0.0839. The highest BCUT2D eigenvalue weighted by Crippen LogP contribution is 2.34. The Morgan fingerprint density at radius 3 is 3.11 bits per heavy atom. The van der Waals surface area contributed by atoms with Crippen LogP contribution in [0.15, 0.2) is 21.7 Å². The van der Waals surface area contributed by atoms with Crippen LogP contribution in [-0.4, -0.2) is 24.8 Å². The van der Waals surface area contributed by atoms with Gasteiger partial charge in [-0.3, -0.25) is 10.2 Å². The van der Waals surface area contributed by atoms with Gasteiger partial charge in [0, 0.05) is 17.4 Å². The third kappa shape index (κ3) is 2.58. The van der Waals surface area contributed by atoms with Gasteiger partial charge >= 0.3 is 0 Å². The van der Waals surface area contributed by atoms with Gasteiger partial charge in [-0.2, -0.15) is 5.10 Å². The van der Waals surface area contributed by atoms with Crippen molar-refractivity contribution in [2.45, 2.75) is 19.3 Å². The molecular formula is C13H14BrN3O2. The highest BCUT2D eigenvalue weighted by atomic mass is 79.9. The Bertz CT molecular complexity index is 557. The van der Waals surface area contributed by atoms with Crippen molar-refractivity contribution in [2.75, 3.05) is 18.6 Å². The average Bonchev–Trinajstić information content (AvgIpc) is 2.84. The molecule has 100 valence electrons. The number of carbonyl (C=O) groups is 1. The topological polar surface area (TPSA) is 62.7 Å². The van der Waals surface area contributed by atoms with Crippen molar-refractivity contribution in [3.05, 3.63) is 22.2 Å². The molecule has 1 saturated heterocycles. The zero-order valence-corrected chi connectivity index (χ0v) is 11.9. The third-order valence-corrected chi connectivity index (χ3v) is 3.88.